The van der Waals surface area contributed by atoms with E-state index in [9.17, 15) is 4.79 Å². The Morgan fingerprint density at radius 2 is 1.83 bits per heavy atom. The number of carbonyl (C=O) groups is 1. The van der Waals surface area contributed by atoms with Crippen LogP contribution >= 0.6 is 11.3 Å². The Bertz CT molecular complexity index is 1080. The second-order valence-electron chi connectivity index (χ2n) is 8.41. The Balaban J connectivity index is 2.05. The average Bonchev–Trinajstić information content (AvgIpc) is 2.99. The molecule has 0 unspecified atom stereocenters. The molecular formula is C24H30N2O2S. The van der Waals surface area contributed by atoms with Gasteiger partial charge in [-0.3, -0.25) is 4.79 Å². The fourth-order valence-electron chi connectivity index (χ4n) is 3.38. The van der Waals surface area contributed by atoms with Crippen molar-refractivity contribution in [3.63, 3.8) is 0 Å². The molecule has 154 valence electrons. The maximum atomic E-state index is 12.9. The van der Waals surface area contributed by atoms with Crippen LogP contribution in [0, 0.1) is 13.8 Å². The first kappa shape index (κ1) is 21.5. The molecule has 1 amide bonds. The van der Waals surface area contributed by atoms with E-state index in [1.54, 1.807) is 11.3 Å². The van der Waals surface area contributed by atoms with Crippen LogP contribution in [0.1, 0.15) is 54.7 Å². The molecule has 1 aromatic heterocycles. The molecule has 0 aliphatic rings. The highest BCUT2D eigenvalue weighted by Crippen LogP contribution is 2.24. The Labute approximate surface area is 176 Å². The molecule has 0 saturated carbocycles. The van der Waals surface area contributed by atoms with E-state index in [4.69, 9.17) is 4.74 Å². The number of hydrogen-bond donors (Lipinski definition) is 0. The molecule has 0 saturated heterocycles. The lowest BCUT2D eigenvalue weighted by atomic mass is 9.87. The monoisotopic (exact) mass is 410 g/mol. The molecule has 0 aliphatic carbocycles. The summed E-state index contributed by atoms with van der Waals surface area (Å²) in [6, 6.07) is 12.1. The Hall–Kier alpha value is -2.24. The third-order valence-electron chi connectivity index (χ3n) is 4.97. The molecule has 0 spiro atoms. The van der Waals surface area contributed by atoms with Crippen LogP contribution in [0.3, 0.4) is 0 Å². The Morgan fingerprint density at radius 3 is 2.45 bits per heavy atom. The standard InChI is InChI=1S/C24H30N2O2S/c1-7-28-13-12-26-20-15-16(2)14-17(3)21(20)29-23(26)25-22(27)18-8-10-19(11-9-18)24(4,5)6/h8-11,14-15H,7,12-13H2,1-6H3. The number of aryl methyl sites for hydroxylation is 2. The summed E-state index contributed by atoms with van der Waals surface area (Å²) in [7, 11) is 0. The van der Waals surface area contributed by atoms with Crippen molar-refractivity contribution in [2.45, 2.75) is 53.5 Å². The number of benzene rings is 2. The quantitative estimate of drug-likeness (QED) is 0.529. The number of fused-ring (bicyclic) bond motifs is 1. The lowest BCUT2D eigenvalue weighted by molar-refractivity contribution is 0.0996. The third kappa shape index (κ3) is 4.85. The minimum atomic E-state index is -0.212. The summed E-state index contributed by atoms with van der Waals surface area (Å²) in [5.74, 6) is -0.212. The summed E-state index contributed by atoms with van der Waals surface area (Å²) >= 11 is 1.57. The topological polar surface area (TPSA) is 43.6 Å². The molecule has 3 rings (SSSR count). The van der Waals surface area contributed by atoms with Crippen LogP contribution in [-0.4, -0.2) is 23.7 Å². The van der Waals surface area contributed by atoms with Crippen molar-refractivity contribution in [2.24, 2.45) is 4.99 Å². The van der Waals surface area contributed by atoms with E-state index in [0.717, 1.165) is 10.3 Å². The number of carbonyl (C=O) groups excluding carboxylic acids is 1. The van der Waals surface area contributed by atoms with E-state index in [-0.39, 0.29) is 11.3 Å². The van der Waals surface area contributed by atoms with E-state index in [0.29, 0.717) is 25.3 Å². The number of aromatic nitrogens is 1. The van der Waals surface area contributed by atoms with Crippen LogP contribution in [0.25, 0.3) is 10.2 Å². The first-order chi connectivity index (χ1) is 13.7. The highest BCUT2D eigenvalue weighted by molar-refractivity contribution is 7.16. The number of thiazole rings is 1. The van der Waals surface area contributed by atoms with E-state index < -0.39 is 0 Å². The molecule has 29 heavy (non-hydrogen) atoms. The summed E-state index contributed by atoms with van der Waals surface area (Å²) in [6.07, 6.45) is 0. The minimum absolute atomic E-state index is 0.0574. The first-order valence-electron chi connectivity index (χ1n) is 10.1. The summed E-state index contributed by atoms with van der Waals surface area (Å²) < 4.78 is 8.84. The molecule has 0 aliphatic heterocycles. The van der Waals surface area contributed by atoms with Crippen molar-refractivity contribution in [2.75, 3.05) is 13.2 Å². The number of nitrogens with zero attached hydrogens (tertiary/aromatic N) is 2. The number of amides is 1. The highest BCUT2D eigenvalue weighted by atomic mass is 32.1. The van der Waals surface area contributed by atoms with Gasteiger partial charge in [0.05, 0.1) is 16.8 Å². The predicted octanol–water partition coefficient (Wildman–Crippen LogP) is 5.39. The lowest BCUT2D eigenvalue weighted by Crippen LogP contribution is -2.20. The maximum absolute atomic E-state index is 12.9. The number of rotatable bonds is 5. The number of ether oxygens (including phenoxy) is 1. The van der Waals surface area contributed by atoms with Crippen molar-refractivity contribution in [1.82, 2.24) is 4.57 Å². The normalized spacial score (nSPS) is 12.7. The molecule has 0 bridgehead atoms. The van der Waals surface area contributed by atoms with Crippen molar-refractivity contribution < 1.29 is 9.53 Å². The molecule has 5 heteroatoms. The van der Waals surface area contributed by atoms with Crippen molar-refractivity contribution in [3.05, 3.63) is 63.5 Å². The van der Waals surface area contributed by atoms with Crippen LogP contribution in [0.15, 0.2) is 41.4 Å². The van der Waals surface area contributed by atoms with Gasteiger partial charge in [-0.25, -0.2) is 0 Å². The summed E-state index contributed by atoms with van der Waals surface area (Å²) in [6.45, 7) is 14.6. The molecule has 2 aromatic carbocycles. The Kier molecular flexibility index (Phi) is 6.39. The predicted molar refractivity (Wildman–Crippen MR) is 121 cm³/mol. The molecule has 0 fully saturated rings. The van der Waals surface area contributed by atoms with Gasteiger partial charge in [-0.15, -0.1) is 0 Å². The highest BCUT2D eigenvalue weighted by Gasteiger charge is 2.15. The van der Waals surface area contributed by atoms with Gasteiger partial charge in [0.2, 0.25) is 0 Å². The van der Waals surface area contributed by atoms with Gasteiger partial charge in [-0.1, -0.05) is 50.3 Å². The van der Waals surface area contributed by atoms with Gasteiger partial charge >= 0.3 is 0 Å². The van der Waals surface area contributed by atoms with E-state index >= 15 is 0 Å². The van der Waals surface area contributed by atoms with Crippen molar-refractivity contribution >= 4 is 27.5 Å². The zero-order valence-electron chi connectivity index (χ0n) is 18.2. The van der Waals surface area contributed by atoms with E-state index in [2.05, 4.69) is 56.3 Å². The van der Waals surface area contributed by atoms with Crippen LogP contribution in [0.5, 0.6) is 0 Å². The summed E-state index contributed by atoms with van der Waals surface area (Å²) in [5, 5.41) is 0. The van der Waals surface area contributed by atoms with Crippen LogP contribution in [0.4, 0.5) is 0 Å². The van der Waals surface area contributed by atoms with Gasteiger partial charge in [-0.05, 0) is 61.1 Å². The second-order valence-corrected chi connectivity index (χ2v) is 9.39. The van der Waals surface area contributed by atoms with Gasteiger partial charge < -0.3 is 9.30 Å². The summed E-state index contributed by atoms with van der Waals surface area (Å²) in [5.41, 5.74) is 5.39. The second kappa shape index (κ2) is 8.64. The largest absolute Gasteiger partial charge is 0.380 e. The van der Waals surface area contributed by atoms with Gasteiger partial charge in [0.25, 0.3) is 5.91 Å². The van der Waals surface area contributed by atoms with Crippen LogP contribution in [0.2, 0.25) is 0 Å². The van der Waals surface area contributed by atoms with Gasteiger partial charge in [0.1, 0.15) is 0 Å². The molecule has 4 nitrogen and oxygen atoms in total. The molecular weight excluding hydrogens is 380 g/mol. The molecule has 0 N–H and O–H groups in total. The van der Waals surface area contributed by atoms with Crippen molar-refractivity contribution in [1.29, 1.82) is 0 Å². The zero-order chi connectivity index (χ0) is 21.2. The summed E-state index contributed by atoms with van der Waals surface area (Å²) in [4.78, 5) is 18.1. The fourth-order valence-corrected chi connectivity index (χ4v) is 4.48. The van der Waals surface area contributed by atoms with Gasteiger partial charge in [0.15, 0.2) is 4.80 Å². The molecule has 3 aromatic rings. The van der Waals surface area contributed by atoms with E-state index in [1.807, 2.05) is 31.2 Å². The lowest BCUT2D eigenvalue weighted by Gasteiger charge is -2.18. The van der Waals surface area contributed by atoms with Crippen LogP contribution in [-0.2, 0) is 16.7 Å². The Morgan fingerprint density at radius 1 is 1.14 bits per heavy atom. The molecule has 1 heterocycles. The van der Waals surface area contributed by atoms with Gasteiger partial charge in [0, 0.05) is 18.7 Å². The third-order valence-corrected chi connectivity index (χ3v) is 6.20. The van der Waals surface area contributed by atoms with E-state index in [1.165, 1.54) is 21.4 Å². The average molecular weight is 411 g/mol. The van der Waals surface area contributed by atoms with Crippen molar-refractivity contribution in [3.8, 4) is 0 Å². The SMILES string of the molecule is CCOCCn1c(=NC(=O)c2ccc(C(C)(C)C)cc2)sc2c(C)cc(C)cc21. The first-order valence-corrected chi connectivity index (χ1v) is 10.9. The molecule has 0 atom stereocenters. The van der Waals surface area contributed by atoms with Gasteiger partial charge in [-0.2, -0.15) is 4.99 Å². The fraction of sp³-hybridized carbons (Fsp3) is 0.417. The molecule has 0 radical (unpaired) electrons. The smallest absolute Gasteiger partial charge is 0.279 e. The zero-order valence-corrected chi connectivity index (χ0v) is 19.0. The number of hydrogen-bond acceptors (Lipinski definition) is 3. The maximum Gasteiger partial charge on any atom is 0.279 e. The van der Waals surface area contributed by atoms with Crippen LogP contribution < -0.4 is 4.80 Å². The minimum Gasteiger partial charge on any atom is -0.380 e.